The van der Waals surface area contributed by atoms with E-state index in [0.29, 0.717) is 12.1 Å². The molecule has 1 aliphatic rings. The van der Waals surface area contributed by atoms with Crippen LogP contribution in [0.2, 0.25) is 0 Å². The molecule has 0 N–H and O–H groups in total. The minimum absolute atomic E-state index is 0.515. The van der Waals surface area contributed by atoms with E-state index in [9.17, 15) is 0 Å². The summed E-state index contributed by atoms with van der Waals surface area (Å²) in [5, 5.41) is 4.47. The zero-order valence-electron chi connectivity index (χ0n) is 9.75. The van der Waals surface area contributed by atoms with Gasteiger partial charge in [-0.1, -0.05) is 32.9 Å². The van der Waals surface area contributed by atoms with Crippen LogP contribution in [-0.2, 0) is 19.4 Å². The van der Waals surface area contributed by atoms with E-state index in [1.807, 2.05) is 6.92 Å². The first-order valence-corrected chi connectivity index (χ1v) is 7.12. The van der Waals surface area contributed by atoms with Crippen LogP contribution in [0.25, 0.3) is 5.32 Å². The summed E-state index contributed by atoms with van der Waals surface area (Å²) >= 11 is 1.33. The van der Waals surface area contributed by atoms with Crippen LogP contribution in [0.15, 0.2) is 12.2 Å². The zero-order chi connectivity index (χ0) is 11.6. The molecule has 84 valence electrons. The third-order valence-corrected chi connectivity index (χ3v) is 1.68. The summed E-state index contributed by atoms with van der Waals surface area (Å²) in [5.41, 5.74) is 1.37. The first kappa shape index (κ1) is 16.7. The fourth-order valence-corrected chi connectivity index (χ4v) is 1.46. The van der Waals surface area contributed by atoms with E-state index in [1.54, 1.807) is 0 Å². The molecule has 1 rings (SSSR count). The summed E-state index contributed by atoms with van der Waals surface area (Å²) in [6.45, 7) is 13.8. The van der Waals surface area contributed by atoms with Gasteiger partial charge in [0.1, 0.15) is 0 Å². The average molecular weight is 365 g/mol. The van der Waals surface area contributed by atoms with Crippen LogP contribution >= 0.6 is 0 Å². The fraction of sp³-hybridized carbons (Fsp3) is 0.667. The van der Waals surface area contributed by atoms with E-state index in [-0.39, 0.29) is 0 Å². The van der Waals surface area contributed by atoms with Crippen molar-refractivity contribution in [3.63, 3.8) is 0 Å². The van der Waals surface area contributed by atoms with Gasteiger partial charge in [0, 0.05) is 0 Å². The predicted molar refractivity (Wildman–Crippen MR) is 63.4 cm³/mol. The molecule has 1 aliphatic heterocycles. The second-order valence-electron chi connectivity index (χ2n) is 3.51. The molecule has 14 heavy (non-hydrogen) atoms. The van der Waals surface area contributed by atoms with Crippen LogP contribution in [0.4, 0.5) is 0 Å². The Morgan fingerprint density at radius 1 is 1.36 bits per heavy atom. The summed E-state index contributed by atoms with van der Waals surface area (Å²) < 4.78 is 0. The molecule has 0 spiro atoms. The van der Waals surface area contributed by atoms with E-state index in [4.69, 9.17) is 0 Å². The van der Waals surface area contributed by atoms with E-state index in [0.717, 1.165) is 19.3 Å². The summed E-state index contributed by atoms with van der Waals surface area (Å²) in [6, 6.07) is 1.03. The molecular formula is C12H23NW-2. The van der Waals surface area contributed by atoms with E-state index >= 15 is 0 Å². The van der Waals surface area contributed by atoms with Gasteiger partial charge in [0.05, 0.1) is 0 Å². The van der Waals surface area contributed by atoms with Gasteiger partial charge in [0.2, 0.25) is 0 Å². The van der Waals surface area contributed by atoms with Crippen molar-refractivity contribution in [2.45, 2.75) is 52.1 Å². The summed E-state index contributed by atoms with van der Waals surface area (Å²) in [6.07, 6.45) is 3.20. The van der Waals surface area contributed by atoms with Crippen molar-refractivity contribution < 1.29 is 19.4 Å². The second-order valence-corrected chi connectivity index (χ2v) is 3.51. The SMILES string of the molecule is C=C1CC(C)[N-]C(C)C1.[CH2-]CC.[CH2]=[W]. The topological polar surface area (TPSA) is 14.1 Å². The Kier molecular flexibility index (Phi) is 13.5. The average Bonchev–Trinajstić information content (AvgIpc) is 2.06. The van der Waals surface area contributed by atoms with Crippen LogP contribution < -0.4 is 0 Å². The number of nitrogens with zero attached hydrogens (tertiary/aromatic N) is 1. The van der Waals surface area contributed by atoms with Gasteiger partial charge in [0.25, 0.3) is 0 Å². The summed E-state index contributed by atoms with van der Waals surface area (Å²) in [5.74, 6) is 0. The zero-order valence-corrected chi connectivity index (χ0v) is 12.7. The molecule has 2 unspecified atom stereocenters. The Morgan fingerprint density at radius 3 is 1.86 bits per heavy atom. The molecule has 2 heteroatoms. The molecule has 0 radical (unpaired) electrons. The Hall–Kier alpha value is 0.258. The van der Waals surface area contributed by atoms with Gasteiger partial charge in [-0.15, -0.1) is 12.1 Å². The van der Waals surface area contributed by atoms with Crippen LogP contribution in [0.1, 0.15) is 40.0 Å². The molecule has 1 fully saturated rings. The van der Waals surface area contributed by atoms with Crippen molar-refractivity contribution >= 4 is 4.90 Å². The molecule has 0 aromatic heterocycles. The van der Waals surface area contributed by atoms with Crippen molar-refractivity contribution in [2.75, 3.05) is 0 Å². The standard InChI is InChI=1S/C8H14N.C3H7.CH2.W/c1-6-4-7(2)9-8(3)5-6;1-3-2;;/h7-8H,1,4-5H2,2-3H3;1,3H2,2H3;1H2;/q2*-1;;. The van der Waals surface area contributed by atoms with Crippen molar-refractivity contribution in [3.8, 4) is 0 Å². The molecule has 0 aromatic rings. The van der Waals surface area contributed by atoms with E-state index in [1.165, 1.54) is 24.9 Å². The van der Waals surface area contributed by atoms with Gasteiger partial charge in [-0.25, -0.2) is 0 Å². The van der Waals surface area contributed by atoms with Crippen molar-refractivity contribution in [2.24, 2.45) is 0 Å². The van der Waals surface area contributed by atoms with E-state index in [2.05, 4.69) is 37.6 Å². The first-order valence-electron chi connectivity index (χ1n) is 5.04. The Labute approximate surface area is 101 Å². The number of hydrogen-bond acceptors (Lipinski definition) is 0. The normalized spacial score (nSPS) is 25.3. The molecule has 2 atom stereocenters. The van der Waals surface area contributed by atoms with Gasteiger partial charge in [-0.05, 0) is 12.8 Å². The fourth-order valence-electron chi connectivity index (χ4n) is 1.46. The maximum absolute atomic E-state index is 4.47. The van der Waals surface area contributed by atoms with Gasteiger partial charge in [0.15, 0.2) is 0 Å². The number of hydrogen-bond donors (Lipinski definition) is 0. The van der Waals surface area contributed by atoms with Crippen molar-refractivity contribution in [1.29, 1.82) is 0 Å². The monoisotopic (exact) mass is 365 g/mol. The van der Waals surface area contributed by atoms with Crippen LogP contribution in [0, 0.1) is 6.92 Å². The van der Waals surface area contributed by atoms with Crippen molar-refractivity contribution in [1.82, 2.24) is 0 Å². The predicted octanol–water partition coefficient (Wildman–Crippen LogP) is 3.68. The molecular weight excluding hydrogens is 342 g/mol. The Balaban J connectivity index is 0. The molecule has 1 heterocycles. The van der Waals surface area contributed by atoms with Crippen LogP contribution in [-0.4, -0.2) is 17.0 Å². The van der Waals surface area contributed by atoms with E-state index < -0.39 is 0 Å². The molecule has 1 nitrogen and oxygen atoms in total. The number of rotatable bonds is 0. The molecule has 0 aromatic carbocycles. The van der Waals surface area contributed by atoms with Gasteiger partial charge in [-0.3, -0.25) is 0 Å². The van der Waals surface area contributed by atoms with Crippen LogP contribution in [0.3, 0.4) is 0 Å². The molecule has 0 amide bonds. The Bertz CT molecular complexity index is 133. The third-order valence-electron chi connectivity index (χ3n) is 1.68. The second kappa shape index (κ2) is 11.3. The quantitative estimate of drug-likeness (QED) is 0.459. The minimum atomic E-state index is 0.515. The van der Waals surface area contributed by atoms with Gasteiger partial charge >= 0.3 is 24.3 Å². The van der Waals surface area contributed by atoms with Gasteiger partial charge < -0.3 is 12.2 Å². The molecule has 0 aliphatic carbocycles. The van der Waals surface area contributed by atoms with Crippen LogP contribution in [0.5, 0.6) is 0 Å². The maximum atomic E-state index is 4.47. The first-order chi connectivity index (χ1) is 6.60. The van der Waals surface area contributed by atoms with Gasteiger partial charge in [-0.2, -0.15) is 6.42 Å². The molecule has 1 saturated heterocycles. The Morgan fingerprint density at radius 2 is 1.64 bits per heavy atom. The summed E-state index contributed by atoms with van der Waals surface area (Å²) in [7, 11) is 0. The molecule has 0 bridgehead atoms. The third kappa shape index (κ3) is 10.3. The number of piperidine rings is 1. The van der Waals surface area contributed by atoms with Crippen molar-refractivity contribution in [3.05, 3.63) is 24.4 Å². The summed E-state index contributed by atoms with van der Waals surface area (Å²) in [4.78, 5) is 3.33. The molecule has 0 saturated carbocycles.